The van der Waals surface area contributed by atoms with Gasteiger partial charge >= 0.3 is 0 Å². The summed E-state index contributed by atoms with van der Waals surface area (Å²) < 4.78 is 38.7. The third kappa shape index (κ3) is 4.96. The molecule has 0 radical (unpaired) electrons. The number of hydrogen-bond donors (Lipinski definition) is 1. The van der Waals surface area contributed by atoms with Crippen LogP contribution in [0.4, 0.5) is 11.4 Å². The van der Waals surface area contributed by atoms with E-state index in [1.807, 2.05) is 37.3 Å². The average Bonchev–Trinajstić information content (AvgIpc) is 2.83. The van der Waals surface area contributed by atoms with Crippen molar-refractivity contribution in [1.29, 1.82) is 0 Å². The molecule has 4 rings (SSSR count). The maximum atomic E-state index is 13.3. The zero-order chi connectivity index (χ0) is 23.4. The maximum Gasteiger partial charge on any atom is 0.264 e. The monoisotopic (exact) mass is 466 g/mol. The molecule has 0 fully saturated rings. The highest BCUT2D eigenvalue weighted by atomic mass is 32.2. The standard InChI is InChI=1S/C25H26N2O5S/c1-18-6-3-4-8-24(18)32-17-25(28)26-20-9-14-23-19(16-20)7-5-15-27(23)33(29,30)22-12-10-21(31-2)11-13-22/h3-4,6,8-14,16H,5,7,15,17H2,1-2H3,(H,26,28). The van der Waals surface area contributed by atoms with Gasteiger partial charge in [-0.15, -0.1) is 0 Å². The fraction of sp³-hybridized carbons (Fsp3) is 0.240. The molecule has 0 aliphatic carbocycles. The number of ether oxygens (including phenoxy) is 2. The van der Waals surface area contributed by atoms with E-state index in [2.05, 4.69) is 5.32 Å². The minimum Gasteiger partial charge on any atom is -0.497 e. The van der Waals surface area contributed by atoms with E-state index in [1.165, 1.54) is 11.4 Å². The molecule has 33 heavy (non-hydrogen) atoms. The van der Waals surface area contributed by atoms with Gasteiger partial charge in [0.15, 0.2) is 6.61 Å². The molecule has 1 aliphatic rings. The summed E-state index contributed by atoms with van der Waals surface area (Å²) in [5, 5.41) is 2.83. The lowest BCUT2D eigenvalue weighted by Crippen LogP contribution is -2.35. The van der Waals surface area contributed by atoms with Gasteiger partial charge in [0.1, 0.15) is 11.5 Å². The molecule has 0 unspecified atom stereocenters. The Morgan fingerprint density at radius 3 is 2.55 bits per heavy atom. The van der Waals surface area contributed by atoms with Crippen LogP contribution in [0.3, 0.4) is 0 Å². The van der Waals surface area contributed by atoms with Crippen LogP contribution in [0.25, 0.3) is 0 Å². The van der Waals surface area contributed by atoms with Crippen molar-refractivity contribution < 1.29 is 22.7 Å². The van der Waals surface area contributed by atoms with Crippen molar-refractivity contribution in [2.75, 3.05) is 29.9 Å². The topological polar surface area (TPSA) is 84.9 Å². The van der Waals surface area contributed by atoms with Crippen LogP contribution in [0.1, 0.15) is 17.5 Å². The number of amides is 1. The number of nitrogens with zero attached hydrogens (tertiary/aromatic N) is 1. The number of aryl methyl sites for hydroxylation is 2. The van der Waals surface area contributed by atoms with Gasteiger partial charge in [-0.2, -0.15) is 0 Å². The highest BCUT2D eigenvalue weighted by Crippen LogP contribution is 2.34. The molecule has 0 saturated heterocycles. The Hall–Kier alpha value is -3.52. The van der Waals surface area contributed by atoms with Gasteiger partial charge in [-0.3, -0.25) is 9.10 Å². The first-order valence-electron chi connectivity index (χ1n) is 10.7. The van der Waals surface area contributed by atoms with Crippen molar-refractivity contribution in [3.05, 3.63) is 77.9 Å². The van der Waals surface area contributed by atoms with Gasteiger partial charge in [-0.05, 0) is 79.4 Å². The zero-order valence-corrected chi connectivity index (χ0v) is 19.4. The number of anilines is 2. The molecule has 7 nitrogen and oxygen atoms in total. The van der Waals surface area contributed by atoms with Crippen molar-refractivity contribution in [2.24, 2.45) is 0 Å². The third-order valence-corrected chi connectivity index (χ3v) is 7.37. The first kappa shape index (κ1) is 22.7. The number of sulfonamides is 1. The second kappa shape index (κ2) is 9.54. The van der Waals surface area contributed by atoms with Gasteiger partial charge in [-0.25, -0.2) is 8.42 Å². The predicted octanol–water partition coefficient (Wildman–Crippen LogP) is 4.16. The van der Waals surface area contributed by atoms with Crippen LogP contribution in [-0.4, -0.2) is 34.6 Å². The smallest absolute Gasteiger partial charge is 0.264 e. The first-order valence-corrected chi connectivity index (χ1v) is 12.1. The van der Waals surface area contributed by atoms with E-state index in [4.69, 9.17) is 9.47 Å². The Bertz CT molecular complexity index is 1260. The van der Waals surface area contributed by atoms with E-state index in [-0.39, 0.29) is 17.4 Å². The second-order valence-electron chi connectivity index (χ2n) is 7.80. The Labute approximate surface area is 194 Å². The molecule has 0 saturated carbocycles. The molecule has 1 heterocycles. The molecule has 1 N–H and O–H groups in total. The van der Waals surface area contributed by atoms with Crippen LogP contribution in [-0.2, 0) is 21.2 Å². The summed E-state index contributed by atoms with van der Waals surface area (Å²) in [5.41, 5.74) is 3.07. The minimum atomic E-state index is -3.71. The molecule has 172 valence electrons. The summed E-state index contributed by atoms with van der Waals surface area (Å²) in [4.78, 5) is 12.6. The molecule has 1 aliphatic heterocycles. The van der Waals surface area contributed by atoms with Crippen LogP contribution in [0.5, 0.6) is 11.5 Å². The fourth-order valence-corrected chi connectivity index (χ4v) is 5.36. The highest BCUT2D eigenvalue weighted by Gasteiger charge is 2.29. The molecule has 0 aromatic heterocycles. The van der Waals surface area contributed by atoms with Gasteiger partial charge in [0.05, 0.1) is 17.7 Å². The molecule has 1 amide bonds. The number of carbonyl (C=O) groups excluding carboxylic acids is 1. The van der Waals surface area contributed by atoms with Gasteiger partial charge < -0.3 is 14.8 Å². The summed E-state index contributed by atoms with van der Waals surface area (Å²) in [6.07, 6.45) is 1.42. The van der Waals surface area contributed by atoms with E-state index in [0.29, 0.717) is 35.8 Å². The van der Waals surface area contributed by atoms with E-state index in [0.717, 1.165) is 17.5 Å². The van der Waals surface area contributed by atoms with E-state index in [9.17, 15) is 13.2 Å². The van der Waals surface area contributed by atoms with Gasteiger partial charge in [-0.1, -0.05) is 18.2 Å². The maximum absolute atomic E-state index is 13.3. The highest BCUT2D eigenvalue weighted by molar-refractivity contribution is 7.92. The van der Waals surface area contributed by atoms with E-state index in [1.54, 1.807) is 36.4 Å². The Kier molecular flexibility index (Phi) is 6.55. The zero-order valence-electron chi connectivity index (χ0n) is 18.6. The quantitative estimate of drug-likeness (QED) is 0.565. The fourth-order valence-electron chi connectivity index (χ4n) is 3.82. The average molecular weight is 467 g/mol. The van der Waals surface area contributed by atoms with Crippen LogP contribution in [0.2, 0.25) is 0 Å². The summed E-state index contributed by atoms with van der Waals surface area (Å²) in [6, 6.07) is 19.2. The number of rotatable bonds is 7. The normalized spacial score (nSPS) is 13.2. The largest absolute Gasteiger partial charge is 0.497 e. The summed E-state index contributed by atoms with van der Waals surface area (Å²) in [7, 11) is -2.17. The lowest BCUT2D eigenvalue weighted by molar-refractivity contribution is -0.118. The summed E-state index contributed by atoms with van der Waals surface area (Å²) >= 11 is 0. The van der Waals surface area contributed by atoms with Crippen molar-refractivity contribution in [1.82, 2.24) is 0 Å². The number of benzene rings is 3. The third-order valence-electron chi connectivity index (χ3n) is 5.54. The number of fused-ring (bicyclic) bond motifs is 1. The van der Waals surface area contributed by atoms with Crippen LogP contribution < -0.4 is 19.1 Å². The summed E-state index contributed by atoms with van der Waals surface area (Å²) in [6.45, 7) is 2.21. The van der Waals surface area contributed by atoms with Crippen molar-refractivity contribution in [3.63, 3.8) is 0 Å². The number of carbonyl (C=O) groups is 1. The molecular formula is C25H26N2O5S. The second-order valence-corrected chi connectivity index (χ2v) is 9.66. The van der Waals surface area contributed by atoms with E-state index < -0.39 is 10.0 Å². The Morgan fingerprint density at radius 1 is 1.06 bits per heavy atom. The van der Waals surface area contributed by atoms with Gasteiger partial charge in [0.25, 0.3) is 15.9 Å². The molecule has 3 aromatic rings. The van der Waals surface area contributed by atoms with E-state index >= 15 is 0 Å². The number of para-hydroxylation sites is 1. The number of nitrogens with one attached hydrogen (secondary N) is 1. The minimum absolute atomic E-state index is 0.111. The van der Waals surface area contributed by atoms with Crippen molar-refractivity contribution in [3.8, 4) is 11.5 Å². The lowest BCUT2D eigenvalue weighted by atomic mass is 10.0. The van der Waals surface area contributed by atoms with Crippen LogP contribution in [0, 0.1) is 6.92 Å². The molecular weight excluding hydrogens is 440 g/mol. The van der Waals surface area contributed by atoms with Crippen LogP contribution >= 0.6 is 0 Å². The van der Waals surface area contributed by atoms with Gasteiger partial charge in [0, 0.05) is 12.2 Å². The van der Waals surface area contributed by atoms with Crippen LogP contribution in [0.15, 0.2) is 71.6 Å². The molecule has 0 bridgehead atoms. The van der Waals surface area contributed by atoms with Crippen molar-refractivity contribution >= 4 is 27.3 Å². The lowest BCUT2D eigenvalue weighted by Gasteiger charge is -2.31. The summed E-state index contributed by atoms with van der Waals surface area (Å²) in [5.74, 6) is 0.981. The number of methoxy groups -OCH3 is 1. The Morgan fingerprint density at radius 2 is 1.82 bits per heavy atom. The molecule has 0 atom stereocenters. The first-order chi connectivity index (χ1) is 15.9. The molecule has 3 aromatic carbocycles. The predicted molar refractivity (Wildman–Crippen MR) is 128 cm³/mol. The van der Waals surface area contributed by atoms with Crippen molar-refractivity contribution in [2.45, 2.75) is 24.7 Å². The number of hydrogen-bond acceptors (Lipinski definition) is 5. The van der Waals surface area contributed by atoms with Gasteiger partial charge in [0.2, 0.25) is 0 Å². The molecule has 8 heteroatoms. The SMILES string of the molecule is COc1ccc(S(=O)(=O)N2CCCc3cc(NC(=O)COc4ccccc4C)ccc32)cc1. The Balaban J connectivity index is 1.48. The molecule has 0 spiro atoms.